The smallest absolute Gasteiger partial charge is 0.272 e. The summed E-state index contributed by atoms with van der Waals surface area (Å²) in [6, 6.07) is 13.4. The van der Waals surface area contributed by atoms with Crippen LogP contribution in [0, 0.1) is 0 Å². The third-order valence-corrected chi connectivity index (χ3v) is 4.49. The Balaban J connectivity index is 1.57. The molecule has 0 radical (unpaired) electrons. The van der Waals surface area contributed by atoms with Crippen LogP contribution in [0.4, 0.5) is 0 Å². The number of carbonyl (C=O) groups is 1. The van der Waals surface area contributed by atoms with E-state index in [0.29, 0.717) is 29.0 Å². The molecule has 0 spiro atoms. The second-order valence-electron chi connectivity index (χ2n) is 6.20. The minimum absolute atomic E-state index is 0.0351. The fourth-order valence-corrected chi connectivity index (χ4v) is 3.01. The summed E-state index contributed by atoms with van der Waals surface area (Å²) in [6.45, 7) is 0.558. The largest absolute Gasteiger partial charge is 0.330 e. The predicted molar refractivity (Wildman–Crippen MR) is 96.2 cm³/mol. The summed E-state index contributed by atoms with van der Waals surface area (Å²) >= 11 is 6.04. The van der Waals surface area contributed by atoms with E-state index in [0.717, 1.165) is 24.0 Å². The molecule has 1 aliphatic rings. The van der Waals surface area contributed by atoms with Crippen LogP contribution < -0.4 is 0 Å². The summed E-state index contributed by atoms with van der Waals surface area (Å²) in [5.41, 5.74) is 3.11. The number of rotatable bonds is 5. The van der Waals surface area contributed by atoms with Gasteiger partial charge in [-0.1, -0.05) is 29.8 Å². The molecule has 2 heterocycles. The molecule has 5 nitrogen and oxygen atoms in total. The van der Waals surface area contributed by atoms with E-state index in [9.17, 15) is 4.79 Å². The van der Waals surface area contributed by atoms with Crippen LogP contribution in [0.25, 0.3) is 11.3 Å². The van der Waals surface area contributed by atoms with Crippen molar-refractivity contribution in [1.29, 1.82) is 0 Å². The summed E-state index contributed by atoms with van der Waals surface area (Å²) < 4.78 is 0. The molecule has 4 rings (SSSR count). The van der Waals surface area contributed by atoms with Gasteiger partial charge in [0, 0.05) is 35.6 Å². The third-order valence-electron chi connectivity index (χ3n) is 4.25. The highest BCUT2D eigenvalue weighted by molar-refractivity contribution is 6.30. The average Bonchev–Trinajstić information content (AvgIpc) is 3.35. The highest BCUT2D eigenvalue weighted by Crippen LogP contribution is 2.30. The molecule has 25 heavy (non-hydrogen) atoms. The van der Waals surface area contributed by atoms with Gasteiger partial charge in [-0.25, -0.2) is 0 Å². The van der Waals surface area contributed by atoms with E-state index < -0.39 is 0 Å². The number of aromatic nitrogens is 3. The first kappa shape index (κ1) is 15.8. The van der Waals surface area contributed by atoms with Gasteiger partial charge < -0.3 is 4.90 Å². The van der Waals surface area contributed by atoms with Crippen LogP contribution in [0.1, 0.15) is 28.9 Å². The fraction of sp³-hybridized carbons (Fsp3) is 0.211. The average molecular weight is 353 g/mol. The second kappa shape index (κ2) is 6.69. The molecule has 1 saturated carbocycles. The van der Waals surface area contributed by atoms with E-state index in [1.54, 1.807) is 18.5 Å². The first-order chi connectivity index (χ1) is 12.2. The SMILES string of the molecule is O=C(c1cc(-c2cccc(Cl)c2)n[nH]1)N(Cc1cccnc1)C1CC1. The van der Waals surface area contributed by atoms with Gasteiger partial charge in [-0.2, -0.15) is 5.10 Å². The van der Waals surface area contributed by atoms with Crippen LogP contribution in [0.2, 0.25) is 5.02 Å². The summed E-state index contributed by atoms with van der Waals surface area (Å²) in [5.74, 6) is -0.0351. The van der Waals surface area contributed by atoms with Crippen molar-refractivity contribution < 1.29 is 4.79 Å². The van der Waals surface area contributed by atoms with Gasteiger partial charge in [0.2, 0.25) is 0 Å². The van der Waals surface area contributed by atoms with Crippen molar-refractivity contribution in [3.63, 3.8) is 0 Å². The zero-order valence-electron chi connectivity index (χ0n) is 13.5. The third kappa shape index (κ3) is 3.56. The Labute approximate surface area is 150 Å². The van der Waals surface area contributed by atoms with E-state index in [1.807, 2.05) is 41.3 Å². The summed E-state index contributed by atoms with van der Waals surface area (Å²) in [5, 5.41) is 7.79. The van der Waals surface area contributed by atoms with Gasteiger partial charge >= 0.3 is 0 Å². The topological polar surface area (TPSA) is 61.9 Å². The minimum atomic E-state index is -0.0351. The minimum Gasteiger partial charge on any atom is -0.330 e. The number of halogens is 1. The Bertz CT molecular complexity index is 889. The van der Waals surface area contributed by atoms with E-state index in [4.69, 9.17) is 11.6 Å². The van der Waals surface area contributed by atoms with Crippen molar-refractivity contribution >= 4 is 17.5 Å². The van der Waals surface area contributed by atoms with Gasteiger partial charge in [0.1, 0.15) is 5.69 Å². The lowest BCUT2D eigenvalue weighted by Gasteiger charge is -2.21. The van der Waals surface area contributed by atoms with Crippen molar-refractivity contribution in [3.8, 4) is 11.3 Å². The van der Waals surface area contributed by atoms with Crippen molar-refractivity contribution in [1.82, 2.24) is 20.1 Å². The molecule has 6 heteroatoms. The van der Waals surface area contributed by atoms with Gasteiger partial charge in [0.05, 0.1) is 5.69 Å². The quantitative estimate of drug-likeness (QED) is 0.756. The normalized spacial score (nSPS) is 13.6. The predicted octanol–water partition coefficient (Wildman–Crippen LogP) is 3.93. The number of carbonyl (C=O) groups excluding carboxylic acids is 1. The molecule has 1 fully saturated rings. The second-order valence-corrected chi connectivity index (χ2v) is 6.64. The maximum Gasteiger partial charge on any atom is 0.272 e. The molecular weight excluding hydrogens is 336 g/mol. The fourth-order valence-electron chi connectivity index (χ4n) is 2.82. The molecule has 3 aromatic rings. The zero-order chi connectivity index (χ0) is 17.2. The van der Waals surface area contributed by atoms with Gasteiger partial charge in [0.15, 0.2) is 0 Å². The van der Waals surface area contributed by atoms with Gasteiger partial charge in [-0.05, 0) is 42.7 Å². The van der Waals surface area contributed by atoms with Crippen LogP contribution in [0.15, 0.2) is 54.9 Å². The van der Waals surface area contributed by atoms with Gasteiger partial charge in [-0.3, -0.25) is 14.9 Å². The molecule has 0 bridgehead atoms. The van der Waals surface area contributed by atoms with Crippen LogP contribution in [-0.4, -0.2) is 32.0 Å². The van der Waals surface area contributed by atoms with Gasteiger partial charge in [0.25, 0.3) is 5.91 Å². The Morgan fingerprint density at radius 3 is 2.84 bits per heavy atom. The van der Waals surface area contributed by atoms with Crippen molar-refractivity contribution in [2.24, 2.45) is 0 Å². The maximum absolute atomic E-state index is 13.0. The number of nitrogens with zero attached hydrogens (tertiary/aromatic N) is 3. The van der Waals surface area contributed by atoms with Crippen molar-refractivity contribution in [2.75, 3.05) is 0 Å². The molecule has 2 aromatic heterocycles. The lowest BCUT2D eigenvalue weighted by molar-refractivity contribution is 0.0723. The Morgan fingerprint density at radius 1 is 1.24 bits per heavy atom. The highest BCUT2D eigenvalue weighted by Gasteiger charge is 2.33. The first-order valence-electron chi connectivity index (χ1n) is 8.22. The number of benzene rings is 1. The van der Waals surface area contributed by atoms with Crippen molar-refractivity contribution in [3.05, 3.63) is 71.1 Å². The molecule has 1 aliphatic carbocycles. The molecule has 0 atom stereocenters. The van der Waals surface area contributed by atoms with E-state index in [1.165, 1.54) is 0 Å². The molecular formula is C19H17ClN4O. The summed E-state index contributed by atoms with van der Waals surface area (Å²) in [7, 11) is 0. The summed E-state index contributed by atoms with van der Waals surface area (Å²) in [6.07, 6.45) is 5.62. The van der Waals surface area contributed by atoms with E-state index in [2.05, 4.69) is 15.2 Å². The molecule has 0 saturated heterocycles. The molecule has 1 aromatic carbocycles. The number of pyridine rings is 1. The van der Waals surface area contributed by atoms with E-state index >= 15 is 0 Å². The molecule has 1 N–H and O–H groups in total. The number of hydrogen-bond acceptors (Lipinski definition) is 3. The lowest BCUT2D eigenvalue weighted by Crippen LogP contribution is -2.32. The number of H-pyrrole nitrogens is 1. The van der Waals surface area contributed by atoms with Crippen LogP contribution in [-0.2, 0) is 6.54 Å². The standard InChI is InChI=1S/C19H17ClN4O/c20-15-5-1-4-14(9-15)17-10-18(23-22-17)19(25)24(16-6-7-16)12-13-3-2-8-21-11-13/h1-5,8-11,16H,6-7,12H2,(H,22,23). The molecule has 126 valence electrons. The Hall–Kier alpha value is -2.66. The first-order valence-corrected chi connectivity index (χ1v) is 8.60. The van der Waals surface area contributed by atoms with E-state index in [-0.39, 0.29) is 5.91 Å². The molecule has 0 unspecified atom stereocenters. The monoisotopic (exact) mass is 352 g/mol. The Morgan fingerprint density at radius 2 is 2.12 bits per heavy atom. The number of aromatic amines is 1. The zero-order valence-corrected chi connectivity index (χ0v) is 14.3. The van der Waals surface area contributed by atoms with Crippen molar-refractivity contribution in [2.45, 2.75) is 25.4 Å². The number of nitrogens with one attached hydrogen (secondary N) is 1. The van der Waals surface area contributed by atoms with Crippen LogP contribution >= 0.6 is 11.6 Å². The Kier molecular flexibility index (Phi) is 4.24. The number of amides is 1. The maximum atomic E-state index is 13.0. The lowest BCUT2D eigenvalue weighted by atomic mass is 10.1. The van der Waals surface area contributed by atoms with Gasteiger partial charge in [-0.15, -0.1) is 0 Å². The molecule has 1 amide bonds. The van der Waals surface area contributed by atoms with Crippen LogP contribution in [0.5, 0.6) is 0 Å². The molecule has 0 aliphatic heterocycles. The van der Waals surface area contributed by atoms with Crippen LogP contribution in [0.3, 0.4) is 0 Å². The summed E-state index contributed by atoms with van der Waals surface area (Å²) in [4.78, 5) is 19.0. The highest BCUT2D eigenvalue weighted by atomic mass is 35.5. The number of hydrogen-bond donors (Lipinski definition) is 1.